The monoisotopic (exact) mass is 310 g/mol. The third-order valence-corrected chi connectivity index (χ3v) is 4.76. The van der Waals surface area contributed by atoms with Gasteiger partial charge < -0.3 is 20.4 Å². The van der Waals surface area contributed by atoms with Crippen LogP contribution in [0, 0.1) is 0 Å². The Hall–Kier alpha value is -2.41. The Balaban J connectivity index is 2.26. The lowest BCUT2D eigenvalue weighted by molar-refractivity contribution is 0.400. The summed E-state index contributed by atoms with van der Waals surface area (Å²) in [5.41, 5.74) is 0.276. The highest BCUT2D eigenvalue weighted by Gasteiger charge is 2.20. The van der Waals surface area contributed by atoms with Gasteiger partial charge in [0, 0.05) is 6.07 Å². The molecule has 0 saturated heterocycles. The van der Waals surface area contributed by atoms with E-state index in [1.165, 1.54) is 24.3 Å². The lowest BCUT2D eigenvalue weighted by atomic mass is 10.1. The molecule has 0 aliphatic carbocycles. The van der Waals surface area contributed by atoms with E-state index in [1.807, 2.05) is 0 Å². The highest BCUT2D eigenvalue weighted by molar-refractivity contribution is 7.91. The Morgan fingerprint density at radius 2 is 1.62 bits per heavy atom. The van der Waals surface area contributed by atoms with Gasteiger partial charge in [-0.15, -0.1) is 0 Å². The van der Waals surface area contributed by atoms with Crippen LogP contribution in [0.5, 0.6) is 23.0 Å². The number of aromatic hydroxyl groups is 4. The summed E-state index contributed by atoms with van der Waals surface area (Å²) in [4.78, 5) is -0.373. The van der Waals surface area contributed by atoms with Crippen molar-refractivity contribution >= 4 is 9.84 Å². The number of hydrogen-bond donors (Lipinski definition) is 4. The van der Waals surface area contributed by atoms with Gasteiger partial charge in [0.05, 0.1) is 5.75 Å². The average Bonchev–Trinajstić information content (AvgIpc) is 2.43. The first-order valence-electron chi connectivity index (χ1n) is 6.06. The minimum absolute atomic E-state index is 0.0440. The van der Waals surface area contributed by atoms with Gasteiger partial charge in [0.25, 0.3) is 0 Å². The zero-order valence-corrected chi connectivity index (χ0v) is 11.7. The second-order valence-corrected chi connectivity index (χ2v) is 6.58. The van der Waals surface area contributed by atoms with Gasteiger partial charge in [0.2, 0.25) is 0 Å². The second-order valence-electron chi connectivity index (χ2n) is 4.51. The fraction of sp³-hybridized carbons (Fsp3) is 0.143. The molecule has 0 aromatic heterocycles. The molecule has 4 N–H and O–H groups in total. The van der Waals surface area contributed by atoms with Crippen molar-refractivity contribution in [3.63, 3.8) is 0 Å². The van der Waals surface area contributed by atoms with Gasteiger partial charge >= 0.3 is 0 Å². The summed E-state index contributed by atoms with van der Waals surface area (Å²) in [5.74, 6) is -1.81. The quantitative estimate of drug-likeness (QED) is 0.503. The van der Waals surface area contributed by atoms with E-state index >= 15 is 0 Å². The van der Waals surface area contributed by atoms with Gasteiger partial charge in [-0.25, -0.2) is 8.42 Å². The van der Waals surface area contributed by atoms with E-state index < -0.39 is 15.6 Å². The van der Waals surface area contributed by atoms with Gasteiger partial charge in [0.15, 0.2) is 21.3 Å². The molecule has 0 spiro atoms. The SMILES string of the molecule is O=S(=O)(CCc1cccc(O)c1O)c1cc(O)ccc1O. The zero-order chi connectivity index (χ0) is 15.6. The maximum Gasteiger partial charge on any atom is 0.182 e. The summed E-state index contributed by atoms with van der Waals surface area (Å²) in [6.45, 7) is 0. The molecule has 112 valence electrons. The van der Waals surface area contributed by atoms with Crippen LogP contribution in [0.4, 0.5) is 0 Å². The standard InChI is InChI=1S/C14H14O6S/c15-10-4-5-11(16)13(8-10)21(19,20)7-6-9-2-1-3-12(17)14(9)18/h1-5,8,15-18H,6-7H2. The fourth-order valence-corrected chi connectivity index (χ4v) is 3.28. The normalized spacial score (nSPS) is 11.4. The van der Waals surface area contributed by atoms with Crippen LogP contribution >= 0.6 is 0 Å². The highest BCUT2D eigenvalue weighted by Crippen LogP contribution is 2.31. The fourth-order valence-electron chi connectivity index (χ4n) is 1.89. The number of sulfone groups is 1. The summed E-state index contributed by atoms with van der Waals surface area (Å²) < 4.78 is 24.3. The molecule has 0 unspecified atom stereocenters. The van der Waals surface area contributed by atoms with Gasteiger partial charge in [0.1, 0.15) is 16.4 Å². The van der Waals surface area contributed by atoms with E-state index in [-0.39, 0.29) is 39.9 Å². The zero-order valence-electron chi connectivity index (χ0n) is 10.9. The Morgan fingerprint density at radius 1 is 0.905 bits per heavy atom. The molecule has 0 fully saturated rings. The maximum absolute atomic E-state index is 12.2. The number of aryl methyl sites for hydroxylation is 1. The Labute approximate surface area is 121 Å². The molecule has 2 aromatic rings. The first-order valence-corrected chi connectivity index (χ1v) is 7.71. The van der Waals surface area contributed by atoms with Gasteiger partial charge in [-0.3, -0.25) is 0 Å². The molecule has 0 atom stereocenters. The van der Waals surface area contributed by atoms with E-state index in [4.69, 9.17) is 0 Å². The molecule has 7 heteroatoms. The van der Waals surface area contributed by atoms with Gasteiger partial charge in [-0.05, 0) is 30.2 Å². The van der Waals surface area contributed by atoms with Crippen LogP contribution in [0.25, 0.3) is 0 Å². The van der Waals surface area contributed by atoms with E-state index in [1.54, 1.807) is 0 Å². The number of para-hydroxylation sites is 1. The first-order chi connectivity index (χ1) is 9.81. The summed E-state index contributed by atoms with van der Waals surface area (Å²) in [6, 6.07) is 7.50. The Bertz CT molecular complexity index is 767. The number of rotatable bonds is 4. The number of phenolic OH excluding ortho intramolecular Hbond substituents is 4. The molecule has 0 amide bonds. The van der Waals surface area contributed by atoms with Crippen LogP contribution in [0.1, 0.15) is 5.56 Å². The summed E-state index contributed by atoms with van der Waals surface area (Å²) in [6.07, 6.45) is -0.0440. The smallest absolute Gasteiger partial charge is 0.182 e. The lowest BCUT2D eigenvalue weighted by Gasteiger charge is -2.09. The van der Waals surface area contributed by atoms with E-state index in [0.717, 1.165) is 12.1 Å². The summed E-state index contributed by atoms with van der Waals surface area (Å²) >= 11 is 0. The van der Waals surface area contributed by atoms with Gasteiger partial charge in [-0.2, -0.15) is 0 Å². The van der Waals surface area contributed by atoms with Crippen LogP contribution in [0.2, 0.25) is 0 Å². The van der Waals surface area contributed by atoms with Crippen LogP contribution in [-0.2, 0) is 16.3 Å². The van der Waals surface area contributed by atoms with Crippen molar-refractivity contribution < 1.29 is 28.8 Å². The van der Waals surface area contributed by atoms with E-state index in [0.29, 0.717) is 0 Å². The third-order valence-electron chi connectivity index (χ3n) is 3.02. The van der Waals surface area contributed by atoms with Crippen molar-refractivity contribution in [2.45, 2.75) is 11.3 Å². The van der Waals surface area contributed by atoms with Crippen LogP contribution in [-0.4, -0.2) is 34.6 Å². The third kappa shape index (κ3) is 3.19. The molecule has 2 rings (SSSR count). The van der Waals surface area contributed by atoms with Crippen LogP contribution in [0.3, 0.4) is 0 Å². The Morgan fingerprint density at radius 3 is 2.33 bits per heavy atom. The minimum Gasteiger partial charge on any atom is -0.508 e. The molecule has 0 bridgehead atoms. The van der Waals surface area contributed by atoms with Crippen LogP contribution < -0.4 is 0 Å². The average molecular weight is 310 g/mol. The molecule has 6 nitrogen and oxygen atoms in total. The maximum atomic E-state index is 12.2. The van der Waals surface area contributed by atoms with E-state index in [9.17, 15) is 28.8 Å². The summed E-state index contributed by atoms with van der Waals surface area (Å²) in [7, 11) is -3.84. The molecule has 0 aliphatic rings. The molecule has 0 radical (unpaired) electrons. The second kappa shape index (κ2) is 5.53. The van der Waals surface area contributed by atoms with E-state index in [2.05, 4.69) is 0 Å². The minimum atomic E-state index is -3.84. The van der Waals surface area contributed by atoms with Crippen molar-refractivity contribution in [1.29, 1.82) is 0 Å². The van der Waals surface area contributed by atoms with Gasteiger partial charge in [-0.1, -0.05) is 12.1 Å². The molecular formula is C14H14O6S. The highest BCUT2D eigenvalue weighted by atomic mass is 32.2. The number of hydrogen-bond acceptors (Lipinski definition) is 6. The molecular weight excluding hydrogens is 296 g/mol. The molecule has 0 heterocycles. The molecule has 21 heavy (non-hydrogen) atoms. The summed E-state index contributed by atoms with van der Waals surface area (Å²) in [5, 5.41) is 37.9. The van der Waals surface area contributed by atoms with Crippen molar-refractivity contribution in [3.05, 3.63) is 42.0 Å². The molecule has 2 aromatic carbocycles. The number of phenols is 4. The lowest BCUT2D eigenvalue weighted by Crippen LogP contribution is -2.09. The van der Waals surface area contributed by atoms with Crippen LogP contribution in [0.15, 0.2) is 41.3 Å². The molecule has 0 saturated carbocycles. The largest absolute Gasteiger partial charge is 0.508 e. The van der Waals surface area contributed by atoms with Crippen molar-refractivity contribution in [1.82, 2.24) is 0 Å². The first kappa shape index (κ1) is 15.0. The van der Waals surface area contributed by atoms with Crippen molar-refractivity contribution in [2.75, 3.05) is 5.75 Å². The predicted octanol–water partition coefficient (Wildman–Crippen LogP) is 1.53. The number of benzene rings is 2. The Kier molecular flexibility index (Phi) is 3.95. The van der Waals surface area contributed by atoms with Crippen molar-refractivity contribution in [3.8, 4) is 23.0 Å². The molecule has 0 aliphatic heterocycles. The predicted molar refractivity (Wildman–Crippen MR) is 75.3 cm³/mol. The van der Waals surface area contributed by atoms with Crippen molar-refractivity contribution in [2.24, 2.45) is 0 Å². The topological polar surface area (TPSA) is 115 Å².